The summed E-state index contributed by atoms with van der Waals surface area (Å²) in [6, 6.07) is 8.61. The van der Waals surface area contributed by atoms with E-state index in [0.717, 1.165) is 21.9 Å². The molecule has 0 N–H and O–H groups in total. The quantitative estimate of drug-likeness (QED) is 0.698. The summed E-state index contributed by atoms with van der Waals surface area (Å²) >= 11 is 3.58. The van der Waals surface area contributed by atoms with Crippen molar-refractivity contribution in [2.45, 2.75) is 6.42 Å². The smallest absolute Gasteiger partial charge is 0.0864 e. The molecular weight excluding hydrogens is 262 g/mol. The van der Waals surface area contributed by atoms with Crippen LogP contribution >= 0.6 is 15.9 Å². The number of halogens is 1. The molecule has 4 rings (SSSR count). The van der Waals surface area contributed by atoms with Crippen molar-refractivity contribution in [3.63, 3.8) is 0 Å². The van der Waals surface area contributed by atoms with Crippen LogP contribution in [0.15, 0.2) is 39.8 Å². The van der Waals surface area contributed by atoms with Gasteiger partial charge in [0, 0.05) is 15.4 Å². The molecular formula is C14H8BrN. The number of benzene rings is 2. The lowest BCUT2D eigenvalue weighted by molar-refractivity contribution is 1.35. The summed E-state index contributed by atoms with van der Waals surface area (Å²) in [6.07, 6.45) is 5.46. The molecule has 0 saturated heterocycles. The summed E-state index contributed by atoms with van der Waals surface area (Å²) in [5, 5.41) is 5.00. The van der Waals surface area contributed by atoms with Crippen LogP contribution in [-0.4, -0.2) is 0 Å². The van der Waals surface area contributed by atoms with E-state index < -0.39 is 0 Å². The maximum atomic E-state index is 4.72. The summed E-state index contributed by atoms with van der Waals surface area (Å²) in [5.74, 6) is 0. The van der Waals surface area contributed by atoms with Crippen LogP contribution in [0.25, 0.3) is 22.5 Å². The molecule has 1 aliphatic carbocycles. The molecule has 0 radical (unpaired) electrons. The lowest BCUT2D eigenvalue weighted by atomic mass is 9.98. The van der Waals surface area contributed by atoms with E-state index in [0.29, 0.717) is 0 Å². The van der Waals surface area contributed by atoms with Crippen molar-refractivity contribution in [3.8, 4) is 0 Å². The largest absolute Gasteiger partial charge is 0.247 e. The third-order valence-corrected chi connectivity index (χ3v) is 3.92. The van der Waals surface area contributed by atoms with Gasteiger partial charge in [0.15, 0.2) is 0 Å². The molecule has 0 atom stereocenters. The Morgan fingerprint density at radius 3 is 2.88 bits per heavy atom. The van der Waals surface area contributed by atoms with Gasteiger partial charge in [0.1, 0.15) is 0 Å². The minimum atomic E-state index is 0.989. The van der Waals surface area contributed by atoms with Gasteiger partial charge in [-0.2, -0.15) is 0 Å². The second-order valence-electron chi connectivity index (χ2n) is 4.16. The van der Waals surface area contributed by atoms with Gasteiger partial charge in [0.05, 0.1) is 11.1 Å². The topological polar surface area (TPSA) is 12.4 Å². The summed E-state index contributed by atoms with van der Waals surface area (Å²) < 4.78 is 1.09. The number of nitrogens with zero attached hydrogens (tertiary/aromatic N) is 1. The van der Waals surface area contributed by atoms with Crippen LogP contribution in [0.3, 0.4) is 0 Å². The Morgan fingerprint density at radius 2 is 1.94 bits per heavy atom. The maximum Gasteiger partial charge on any atom is 0.0864 e. The van der Waals surface area contributed by atoms with Crippen molar-refractivity contribution in [2.75, 3.05) is 0 Å². The number of hydrogen-bond donors (Lipinski definition) is 0. The van der Waals surface area contributed by atoms with E-state index in [9.17, 15) is 0 Å². The van der Waals surface area contributed by atoms with Crippen molar-refractivity contribution < 1.29 is 0 Å². The highest BCUT2D eigenvalue weighted by molar-refractivity contribution is 9.10. The number of allylic oxidation sites excluding steroid dienone is 1. The van der Waals surface area contributed by atoms with E-state index in [1.165, 1.54) is 21.6 Å². The van der Waals surface area contributed by atoms with Gasteiger partial charge < -0.3 is 0 Å². The number of rotatable bonds is 0. The average Bonchev–Trinajstić information content (AvgIpc) is 2.70. The van der Waals surface area contributed by atoms with E-state index in [4.69, 9.17) is 4.99 Å². The van der Waals surface area contributed by atoms with E-state index in [1.54, 1.807) is 0 Å². The van der Waals surface area contributed by atoms with Crippen LogP contribution in [0.1, 0.15) is 12.0 Å². The Bertz CT molecular complexity index is 784. The van der Waals surface area contributed by atoms with Gasteiger partial charge >= 0.3 is 0 Å². The predicted octanol–water partition coefficient (Wildman–Crippen LogP) is 2.76. The van der Waals surface area contributed by atoms with Gasteiger partial charge in [-0.3, -0.25) is 0 Å². The van der Waals surface area contributed by atoms with Crippen LogP contribution in [-0.2, 0) is 0 Å². The van der Waals surface area contributed by atoms with Gasteiger partial charge in [-0.25, -0.2) is 4.99 Å². The third kappa shape index (κ3) is 0.932. The molecule has 2 aromatic carbocycles. The highest BCUT2D eigenvalue weighted by atomic mass is 79.9. The van der Waals surface area contributed by atoms with Crippen molar-refractivity contribution in [3.05, 3.63) is 51.0 Å². The molecule has 1 heterocycles. The lowest BCUT2D eigenvalue weighted by Crippen LogP contribution is -2.10. The SMILES string of the molecule is Brc1ccc2ccc3c4c2c1=NC4=CCC=3. The first-order valence-electron chi connectivity index (χ1n) is 5.35. The fourth-order valence-corrected chi connectivity index (χ4v) is 2.99. The van der Waals surface area contributed by atoms with Crippen molar-refractivity contribution in [1.29, 1.82) is 0 Å². The van der Waals surface area contributed by atoms with Crippen molar-refractivity contribution in [2.24, 2.45) is 4.99 Å². The van der Waals surface area contributed by atoms with Crippen LogP contribution in [0.2, 0.25) is 0 Å². The van der Waals surface area contributed by atoms with Crippen LogP contribution in [0.5, 0.6) is 0 Å². The highest BCUT2D eigenvalue weighted by Crippen LogP contribution is 2.29. The number of hydrogen-bond acceptors (Lipinski definition) is 1. The summed E-state index contributed by atoms with van der Waals surface area (Å²) in [4.78, 5) is 4.72. The van der Waals surface area contributed by atoms with Crippen LogP contribution in [0.4, 0.5) is 0 Å². The first-order valence-corrected chi connectivity index (χ1v) is 6.14. The summed E-state index contributed by atoms with van der Waals surface area (Å²) in [6.45, 7) is 0. The van der Waals surface area contributed by atoms with E-state index >= 15 is 0 Å². The average molecular weight is 270 g/mol. The Morgan fingerprint density at radius 1 is 1.06 bits per heavy atom. The molecule has 2 heteroatoms. The van der Waals surface area contributed by atoms with Gasteiger partial charge in [-0.15, -0.1) is 0 Å². The van der Waals surface area contributed by atoms with Gasteiger partial charge in [0.25, 0.3) is 0 Å². The minimum absolute atomic E-state index is 0.989. The first-order chi connectivity index (χ1) is 7.84. The zero-order chi connectivity index (χ0) is 10.7. The molecule has 1 aliphatic heterocycles. The minimum Gasteiger partial charge on any atom is -0.247 e. The Kier molecular flexibility index (Phi) is 1.54. The first kappa shape index (κ1) is 8.71. The maximum absolute atomic E-state index is 4.72. The molecule has 0 fully saturated rings. The zero-order valence-corrected chi connectivity index (χ0v) is 10.1. The van der Waals surface area contributed by atoms with E-state index in [2.05, 4.69) is 52.3 Å². The molecule has 0 saturated carbocycles. The van der Waals surface area contributed by atoms with E-state index in [1.807, 2.05) is 0 Å². The molecule has 0 bridgehead atoms. The predicted molar refractivity (Wildman–Crippen MR) is 69.5 cm³/mol. The summed E-state index contributed by atoms with van der Waals surface area (Å²) in [7, 11) is 0. The third-order valence-electron chi connectivity index (χ3n) is 3.28. The molecule has 0 unspecified atom stereocenters. The second kappa shape index (κ2) is 2.83. The van der Waals surface area contributed by atoms with Crippen molar-refractivity contribution >= 4 is 38.5 Å². The molecule has 2 aliphatic rings. The Labute approximate surface area is 101 Å². The fourth-order valence-electron chi connectivity index (χ4n) is 2.57. The molecule has 2 aromatic rings. The Balaban J connectivity index is 2.43. The molecule has 16 heavy (non-hydrogen) atoms. The molecule has 0 aromatic heterocycles. The normalized spacial score (nSPS) is 15.7. The molecule has 76 valence electrons. The monoisotopic (exact) mass is 269 g/mol. The molecule has 0 spiro atoms. The van der Waals surface area contributed by atoms with Gasteiger partial charge in [-0.1, -0.05) is 30.4 Å². The lowest BCUT2D eigenvalue weighted by Gasteiger charge is -2.06. The van der Waals surface area contributed by atoms with Crippen LogP contribution < -0.4 is 10.6 Å². The second-order valence-corrected chi connectivity index (χ2v) is 5.02. The van der Waals surface area contributed by atoms with Gasteiger partial charge in [-0.05, 0) is 39.0 Å². The standard InChI is InChI=1S/C14H8BrN/c15-10-7-6-9-5-4-8-2-1-3-11-12(8)13(9)14(10)16-11/h2-7H,1H2. The molecule has 1 nitrogen and oxygen atoms in total. The van der Waals surface area contributed by atoms with Crippen LogP contribution in [0, 0.1) is 0 Å². The van der Waals surface area contributed by atoms with Gasteiger partial charge in [0.2, 0.25) is 0 Å². The fraction of sp³-hybridized carbons (Fsp3) is 0.0714. The summed E-state index contributed by atoms with van der Waals surface area (Å²) in [5.41, 5.74) is 2.46. The van der Waals surface area contributed by atoms with Crippen molar-refractivity contribution in [1.82, 2.24) is 0 Å². The van der Waals surface area contributed by atoms with E-state index in [-0.39, 0.29) is 0 Å². The highest BCUT2D eigenvalue weighted by Gasteiger charge is 2.18. The molecule has 0 amide bonds. The zero-order valence-electron chi connectivity index (χ0n) is 8.50. The Hall–Kier alpha value is -1.41.